The Labute approximate surface area is 203 Å². The van der Waals surface area contributed by atoms with Crippen molar-refractivity contribution in [3.8, 4) is 0 Å². The predicted molar refractivity (Wildman–Crippen MR) is 126 cm³/mol. The number of rotatable bonds is 6. The summed E-state index contributed by atoms with van der Waals surface area (Å²) < 4.78 is 10.5. The summed E-state index contributed by atoms with van der Waals surface area (Å²) in [5.74, 6) is 0.649. The maximum absolute atomic E-state index is 11.9. The van der Waals surface area contributed by atoms with Crippen LogP contribution in [0.5, 0.6) is 0 Å². The number of carbonyl (C=O) groups excluding carboxylic acids is 1. The van der Waals surface area contributed by atoms with Gasteiger partial charge in [-0.3, -0.25) is 4.79 Å². The number of carboxylic acids is 1. The van der Waals surface area contributed by atoms with Gasteiger partial charge in [0, 0.05) is 6.42 Å². The molecule has 7 nitrogen and oxygen atoms in total. The molecule has 0 heterocycles. The van der Waals surface area contributed by atoms with Gasteiger partial charge in [-0.05, 0) is 105 Å². The van der Waals surface area contributed by atoms with Crippen LogP contribution in [0, 0.1) is 46.3 Å². The molecule has 4 aliphatic rings. The van der Waals surface area contributed by atoms with Crippen molar-refractivity contribution in [1.82, 2.24) is 0 Å². The van der Waals surface area contributed by atoms with Gasteiger partial charge in [0.15, 0.2) is 0 Å². The van der Waals surface area contributed by atoms with Gasteiger partial charge in [-0.25, -0.2) is 4.79 Å². The van der Waals surface area contributed by atoms with E-state index in [1.165, 1.54) is 0 Å². The molecule has 0 radical (unpaired) electrons. The zero-order valence-electron chi connectivity index (χ0n) is 21.2. The number of hydrogen-bond donors (Lipinski definition) is 3. The van der Waals surface area contributed by atoms with Crippen LogP contribution < -0.4 is 0 Å². The molecule has 1 unspecified atom stereocenters. The molecule has 0 saturated heterocycles. The van der Waals surface area contributed by atoms with E-state index in [-0.39, 0.29) is 58.9 Å². The molecule has 0 aromatic heterocycles. The van der Waals surface area contributed by atoms with E-state index >= 15 is 0 Å². The summed E-state index contributed by atoms with van der Waals surface area (Å²) in [6, 6.07) is 0. The van der Waals surface area contributed by atoms with E-state index < -0.39 is 24.3 Å². The van der Waals surface area contributed by atoms with Gasteiger partial charge in [0.05, 0.1) is 18.8 Å². The Hall–Kier alpha value is -1.34. The summed E-state index contributed by atoms with van der Waals surface area (Å²) >= 11 is 0. The first-order chi connectivity index (χ1) is 16.0. The monoisotopic (exact) mass is 480 g/mol. The topological polar surface area (TPSA) is 113 Å². The van der Waals surface area contributed by atoms with Crippen LogP contribution >= 0.6 is 0 Å². The average Bonchev–Trinajstić information content (AvgIpc) is 3.12. The maximum atomic E-state index is 11.9. The zero-order chi connectivity index (χ0) is 24.8. The largest absolute Gasteiger partial charge is 0.508 e. The van der Waals surface area contributed by atoms with Crippen LogP contribution in [0.4, 0.5) is 4.79 Å². The minimum Gasteiger partial charge on any atom is -0.481 e. The van der Waals surface area contributed by atoms with Crippen molar-refractivity contribution in [1.29, 1.82) is 0 Å². The lowest BCUT2D eigenvalue weighted by Gasteiger charge is -2.63. The average molecular weight is 481 g/mol. The molecule has 34 heavy (non-hydrogen) atoms. The number of carbonyl (C=O) groups is 2. The second-order valence-electron chi connectivity index (χ2n) is 12.2. The third kappa shape index (κ3) is 4.25. The summed E-state index contributed by atoms with van der Waals surface area (Å²) in [6.45, 7) is 8.74. The van der Waals surface area contributed by atoms with Gasteiger partial charge in [-0.15, -0.1) is 0 Å². The van der Waals surface area contributed by atoms with Gasteiger partial charge in [-0.1, -0.05) is 20.8 Å². The van der Waals surface area contributed by atoms with Gasteiger partial charge in [0.2, 0.25) is 0 Å². The zero-order valence-corrected chi connectivity index (χ0v) is 21.2. The molecule has 0 spiro atoms. The fourth-order valence-electron chi connectivity index (χ4n) is 9.06. The smallest absolute Gasteiger partial charge is 0.481 e. The van der Waals surface area contributed by atoms with Crippen LogP contribution in [0.3, 0.4) is 0 Å². The number of aliphatic hydroxyl groups excluding tert-OH is 2. The van der Waals surface area contributed by atoms with Crippen molar-refractivity contribution in [3.05, 3.63) is 0 Å². The third-order valence-corrected chi connectivity index (χ3v) is 10.8. The molecule has 3 N–H and O–H groups in total. The summed E-state index contributed by atoms with van der Waals surface area (Å²) in [5.41, 5.74) is -0.277. The van der Waals surface area contributed by atoms with E-state index in [2.05, 4.69) is 20.8 Å². The molecule has 4 aliphatic carbocycles. The van der Waals surface area contributed by atoms with Crippen LogP contribution in [0.15, 0.2) is 0 Å². The van der Waals surface area contributed by atoms with Crippen molar-refractivity contribution in [2.24, 2.45) is 46.3 Å². The van der Waals surface area contributed by atoms with Gasteiger partial charge in [0.1, 0.15) is 6.10 Å². The molecule has 0 aliphatic heterocycles. The Morgan fingerprint density at radius 1 is 1.06 bits per heavy atom. The number of aliphatic hydroxyl groups is 2. The molecule has 0 bridgehead atoms. The van der Waals surface area contributed by atoms with E-state index in [9.17, 15) is 19.8 Å². The molecule has 7 heteroatoms. The maximum Gasteiger partial charge on any atom is 0.508 e. The summed E-state index contributed by atoms with van der Waals surface area (Å²) in [7, 11) is 0. The highest BCUT2D eigenvalue weighted by molar-refractivity contribution is 5.66. The standard InChI is InChI=1S/C27H44O7/c1-5-33-25(32)34-17-10-11-26(3)16(12-17)13-21(28)24-19-8-7-18(15(2)6-9-23(30)31)27(19,4)22(29)14-20(24)26/h15-22,24,28-29H,5-14H2,1-4H3,(H,30,31)/t15-,16?,17-,18-,19+,20+,21-,22+,24+,26+,27-/m1/s1. The lowest BCUT2D eigenvalue weighted by atomic mass is 9.43. The normalized spacial score (nSPS) is 46.5. The lowest BCUT2D eigenvalue weighted by Crippen LogP contribution is -2.62. The first kappa shape index (κ1) is 25.7. The molecule has 4 rings (SSSR count). The van der Waals surface area contributed by atoms with Crippen LogP contribution in [-0.2, 0) is 14.3 Å². The summed E-state index contributed by atoms with van der Waals surface area (Å²) in [4.78, 5) is 23.0. The van der Waals surface area contributed by atoms with Gasteiger partial charge >= 0.3 is 12.1 Å². The van der Waals surface area contributed by atoms with E-state index in [1.807, 2.05) is 0 Å². The summed E-state index contributed by atoms with van der Waals surface area (Å²) in [6.07, 6.45) is 4.97. The van der Waals surface area contributed by atoms with Crippen LogP contribution in [-0.4, -0.2) is 52.4 Å². The highest BCUT2D eigenvalue weighted by atomic mass is 16.7. The second kappa shape index (κ2) is 9.61. The molecule has 194 valence electrons. The van der Waals surface area contributed by atoms with Crippen LogP contribution in [0.25, 0.3) is 0 Å². The molecular weight excluding hydrogens is 436 g/mol. The first-order valence-electron chi connectivity index (χ1n) is 13.4. The van der Waals surface area contributed by atoms with Crippen LogP contribution in [0.1, 0.15) is 85.5 Å². The first-order valence-corrected chi connectivity index (χ1v) is 13.4. The van der Waals surface area contributed by atoms with Crippen molar-refractivity contribution in [2.75, 3.05) is 6.61 Å². The highest BCUT2D eigenvalue weighted by Gasteiger charge is 2.65. The molecule has 0 amide bonds. The fraction of sp³-hybridized carbons (Fsp3) is 0.926. The van der Waals surface area contributed by atoms with E-state index in [0.29, 0.717) is 25.9 Å². The molecule has 11 atom stereocenters. The van der Waals surface area contributed by atoms with Crippen LogP contribution in [0.2, 0.25) is 0 Å². The highest BCUT2D eigenvalue weighted by Crippen LogP contribution is 2.68. The fourth-order valence-corrected chi connectivity index (χ4v) is 9.06. The van der Waals surface area contributed by atoms with Gasteiger partial charge < -0.3 is 24.8 Å². The molecule has 4 fully saturated rings. The minimum absolute atomic E-state index is 0.00768. The van der Waals surface area contributed by atoms with Crippen molar-refractivity contribution < 1.29 is 34.4 Å². The Kier molecular flexibility index (Phi) is 7.27. The number of carboxylic acid groups (broad SMARTS) is 1. The van der Waals surface area contributed by atoms with Crippen molar-refractivity contribution in [2.45, 2.75) is 104 Å². The number of fused-ring (bicyclic) bond motifs is 5. The molecule has 0 aromatic rings. The van der Waals surface area contributed by atoms with E-state index in [1.54, 1.807) is 6.92 Å². The minimum atomic E-state index is -0.764. The Bertz CT molecular complexity index is 770. The SMILES string of the molecule is CCOC(=O)O[C@@H]1CC[C@@]2(C)C(C1)C[C@@H](O)[C@H]1[C@@H]3CC[C@H]([C@H](C)CCC(=O)O)[C@@]3(C)[C@@H](O)C[C@@H]12. The quantitative estimate of drug-likeness (QED) is 0.475. The number of ether oxygens (including phenoxy) is 2. The van der Waals surface area contributed by atoms with Crippen molar-refractivity contribution >= 4 is 12.1 Å². The Morgan fingerprint density at radius 2 is 1.79 bits per heavy atom. The number of aliphatic carboxylic acids is 1. The molecule has 4 saturated carbocycles. The van der Waals surface area contributed by atoms with Gasteiger partial charge in [0.25, 0.3) is 0 Å². The van der Waals surface area contributed by atoms with E-state index in [4.69, 9.17) is 14.6 Å². The predicted octanol–water partition coefficient (Wildman–Crippen LogP) is 4.63. The lowest BCUT2D eigenvalue weighted by molar-refractivity contribution is -0.207. The van der Waals surface area contributed by atoms with Gasteiger partial charge in [-0.2, -0.15) is 0 Å². The second-order valence-corrected chi connectivity index (χ2v) is 12.2. The third-order valence-electron chi connectivity index (χ3n) is 10.8. The molecular formula is C27H44O7. The van der Waals surface area contributed by atoms with E-state index in [0.717, 1.165) is 32.1 Å². The Balaban J connectivity index is 1.52. The van der Waals surface area contributed by atoms with Crippen molar-refractivity contribution in [3.63, 3.8) is 0 Å². The number of hydrogen-bond acceptors (Lipinski definition) is 6. The molecule has 0 aromatic carbocycles. The Morgan fingerprint density at radius 3 is 2.47 bits per heavy atom. The summed E-state index contributed by atoms with van der Waals surface area (Å²) in [5, 5.41) is 32.2.